The first-order valence-electron chi connectivity index (χ1n) is 6.85. The van der Waals surface area contributed by atoms with Gasteiger partial charge in [0.25, 0.3) is 0 Å². The molecule has 0 amide bonds. The van der Waals surface area contributed by atoms with Crippen LogP contribution in [0.3, 0.4) is 0 Å². The fourth-order valence-corrected chi connectivity index (χ4v) is 5.55. The van der Waals surface area contributed by atoms with Crippen molar-refractivity contribution in [3.63, 3.8) is 0 Å². The summed E-state index contributed by atoms with van der Waals surface area (Å²) in [6.45, 7) is 3.58. The van der Waals surface area contributed by atoms with Crippen LogP contribution in [0.15, 0.2) is 46.2 Å². The molecule has 2 aromatic rings. The molecule has 0 unspecified atom stereocenters. The normalized spacial score (nSPS) is 13.1. The van der Waals surface area contributed by atoms with Crippen molar-refractivity contribution in [2.45, 2.75) is 27.9 Å². The molecule has 25 heavy (non-hydrogen) atoms. The number of benzene rings is 2. The molecule has 0 heterocycles. The first kappa shape index (κ1) is 22.6. The molecule has 2 nitrogen and oxygen atoms in total. The number of rotatable bonds is 2. The summed E-state index contributed by atoms with van der Waals surface area (Å²) in [5.41, 5.74) is 3.11. The molecule has 0 saturated carbocycles. The third-order valence-electron chi connectivity index (χ3n) is 3.58. The minimum Gasteiger partial charge on any atom is -0.218 e. The highest BCUT2D eigenvalue weighted by atomic mass is 80.0. The van der Waals surface area contributed by atoms with Crippen molar-refractivity contribution in [1.82, 2.24) is 0 Å². The van der Waals surface area contributed by atoms with Crippen molar-refractivity contribution >= 4 is 105 Å². The summed E-state index contributed by atoms with van der Waals surface area (Å²) in [6.07, 6.45) is 0. The largest absolute Gasteiger partial charge is 0.218 e. The molecule has 9 heteroatoms. The van der Waals surface area contributed by atoms with Crippen molar-refractivity contribution in [3.05, 3.63) is 58.7 Å². The van der Waals surface area contributed by atoms with E-state index in [4.69, 9.17) is 0 Å². The maximum atomic E-state index is 13.1. The van der Waals surface area contributed by atoms with Crippen LogP contribution in [-0.2, 0) is 14.1 Å². The molecule has 0 aromatic heterocycles. The van der Waals surface area contributed by atoms with Crippen molar-refractivity contribution < 1.29 is 8.42 Å². The molecule has 2 aromatic carbocycles. The molecule has 2 rings (SSSR count). The number of halogens is 6. The summed E-state index contributed by atoms with van der Waals surface area (Å²) in [4.78, 5) is 0.596. The van der Waals surface area contributed by atoms with Gasteiger partial charge in [-0.2, -0.15) is 0 Å². The second-order valence-electron chi connectivity index (χ2n) is 5.46. The summed E-state index contributed by atoms with van der Waals surface area (Å²) in [6, 6.07) is 10.5. The van der Waals surface area contributed by atoms with E-state index in [1.54, 1.807) is 38.1 Å². The Labute approximate surface area is 198 Å². The van der Waals surface area contributed by atoms with E-state index < -0.39 is 14.1 Å². The van der Waals surface area contributed by atoms with Gasteiger partial charge in [0, 0.05) is 0 Å². The summed E-state index contributed by atoms with van der Waals surface area (Å²) in [5.74, 6) is 0. The van der Waals surface area contributed by atoms with Gasteiger partial charge in [0.15, 0.2) is 4.29 Å². The summed E-state index contributed by atoms with van der Waals surface area (Å²) in [5, 5.41) is 0. The van der Waals surface area contributed by atoms with E-state index in [0.717, 1.165) is 11.1 Å². The topological polar surface area (TPSA) is 34.1 Å². The Balaban J connectivity index is 2.57. The molecular weight excluding hydrogens is 736 g/mol. The van der Waals surface area contributed by atoms with Crippen LogP contribution in [0.4, 0.5) is 0 Å². The molecular formula is C16H12Br6O2S. The van der Waals surface area contributed by atoms with E-state index >= 15 is 0 Å². The van der Waals surface area contributed by atoms with E-state index in [2.05, 4.69) is 95.6 Å². The van der Waals surface area contributed by atoms with E-state index in [1.165, 1.54) is 0 Å². The Morgan fingerprint density at radius 1 is 0.680 bits per heavy atom. The lowest BCUT2D eigenvalue weighted by Gasteiger charge is -2.18. The van der Waals surface area contributed by atoms with Gasteiger partial charge >= 0.3 is 0 Å². The Morgan fingerprint density at radius 2 is 1.00 bits per heavy atom. The van der Waals surface area contributed by atoms with Gasteiger partial charge in [-0.1, -0.05) is 120 Å². The van der Waals surface area contributed by atoms with Crippen molar-refractivity contribution in [1.29, 1.82) is 0 Å². The zero-order valence-electron chi connectivity index (χ0n) is 13.0. The average molecular weight is 748 g/mol. The minimum atomic E-state index is -3.62. The third kappa shape index (κ3) is 5.21. The van der Waals surface area contributed by atoms with Gasteiger partial charge in [-0.3, -0.25) is 0 Å². The van der Waals surface area contributed by atoms with Gasteiger partial charge in [0.1, 0.15) is 0 Å². The number of alkyl halides is 6. The molecule has 0 aliphatic heterocycles. The predicted molar refractivity (Wildman–Crippen MR) is 125 cm³/mol. The second-order valence-corrected chi connectivity index (χ2v) is 20.9. The lowest BCUT2D eigenvalue weighted by molar-refractivity contribution is 0.595. The molecule has 0 radical (unpaired) electrons. The van der Waals surface area contributed by atoms with Crippen LogP contribution in [0.1, 0.15) is 22.3 Å². The summed E-state index contributed by atoms with van der Waals surface area (Å²) < 4.78 is 25.1. The Hall–Kier alpha value is 1.27. The molecule has 0 spiro atoms. The average Bonchev–Trinajstić information content (AvgIpc) is 2.44. The minimum absolute atomic E-state index is 0.298. The number of hydrogen-bond acceptors (Lipinski definition) is 2. The van der Waals surface area contributed by atoms with E-state index in [1.807, 2.05) is 12.1 Å². The maximum Gasteiger partial charge on any atom is 0.207 e. The number of sulfone groups is 1. The standard InChI is InChI=1S/C16H12Br6O2S/c1-9-7-11(15(17,18)19)3-5-13(9)25(23,24)14-6-4-12(8-10(14)2)16(20,21)22/h3-8H,1-2H3. The third-order valence-corrected chi connectivity index (χ3v) is 8.40. The highest BCUT2D eigenvalue weighted by Crippen LogP contribution is 2.46. The fraction of sp³-hybridized carbons (Fsp3) is 0.250. The van der Waals surface area contributed by atoms with Crippen molar-refractivity contribution in [2.24, 2.45) is 0 Å². The molecule has 0 aliphatic rings. The summed E-state index contributed by atoms with van der Waals surface area (Å²) >= 11 is 20.7. The molecule has 136 valence electrons. The van der Waals surface area contributed by atoms with Crippen LogP contribution in [-0.4, -0.2) is 8.42 Å². The molecule has 0 atom stereocenters. The second kappa shape index (κ2) is 7.95. The lowest BCUT2D eigenvalue weighted by Crippen LogP contribution is -2.09. The number of aryl methyl sites for hydroxylation is 2. The lowest BCUT2D eigenvalue weighted by atomic mass is 10.1. The monoisotopic (exact) mass is 742 g/mol. The molecule has 0 N–H and O–H groups in total. The van der Waals surface area contributed by atoms with E-state index in [-0.39, 0.29) is 0 Å². The first-order valence-corrected chi connectivity index (χ1v) is 13.1. The fourth-order valence-electron chi connectivity index (χ4n) is 2.37. The van der Waals surface area contributed by atoms with E-state index in [0.29, 0.717) is 20.9 Å². The SMILES string of the molecule is Cc1cc(C(Br)(Br)Br)ccc1S(=O)(=O)c1ccc(C(Br)(Br)Br)cc1C. The van der Waals surface area contributed by atoms with Gasteiger partial charge in [0.05, 0.1) is 9.79 Å². The van der Waals surface area contributed by atoms with Gasteiger partial charge in [-0.25, -0.2) is 8.42 Å². The van der Waals surface area contributed by atoms with Crippen LogP contribution in [0.5, 0.6) is 0 Å². The molecule has 0 saturated heterocycles. The van der Waals surface area contributed by atoms with Crippen LogP contribution in [0.25, 0.3) is 0 Å². The maximum absolute atomic E-state index is 13.1. The van der Waals surface area contributed by atoms with Crippen LogP contribution >= 0.6 is 95.6 Å². The highest BCUT2D eigenvalue weighted by Gasteiger charge is 2.27. The predicted octanol–water partition coefficient (Wildman–Crippen LogP) is 7.73. The molecule has 0 bridgehead atoms. The van der Waals surface area contributed by atoms with Crippen molar-refractivity contribution in [2.75, 3.05) is 0 Å². The number of hydrogen-bond donors (Lipinski definition) is 0. The quantitative estimate of drug-likeness (QED) is 0.295. The van der Waals surface area contributed by atoms with Gasteiger partial charge < -0.3 is 0 Å². The zero-order chi connectivity index (χ0) is 19.2. The molecule has 0 fully saturated rings. The van der Waals surface area contributed by atoms with Gasteiger partial charge in [-0.15, -0.1) is 0 Å². The van der Waals surface area contributed by atoms with Crippen LogP contribution in [0.2, 0.25) is 0 Å². The Morgan fingerprint density at radius 3 is 1.24 bits per heavy atom. The van der Waals surface area contributed by atoms with Crippen molar-refractivity contribution in [3.8, 4) is 0 Å². The molecule has 0 aliphatic carbocycles. The zero-order valence-corrected chi connectivity index (χ0v) is 23.3. The Kier molecular flexibility index (Phi) is 7.17. The van der Waals surface area contributed by atoms with Gasteiger partial charge in [-0.05, 0) is 48.2 Å². The smallest absolute Gasteiger partial charge is 0.207 e. The first-order chi connectivity index (χ1) is 11.2. The van der Waals surface area contributed by atoms with E-state index in [9.17, 15) is 8.42 Å². The summed E-state index contributed by atoms with van der Waals surface area (Å²) in [7, 11) is -3.62. The van der Waals surface area contributed by atoms with Crippen LogP contribution in [0, 0.1) is 13.8 Å². The van der Waals surface area contributed by atoms with Crippen LogP contribution < -0.4 is 0 Å². The Bertz CT molecular complexity index is 842. The van der Waals surface area contributed by atoms with Gasteiger partial charge in [0.2, 0.25) is 9.84 Å². The highest BCUT2D eigenvalue weighted by molar-refractivity contribution is 9.39.